The Morgan fingerprint density at radius 3 is 2.35 bits per heavy atom. The number of hydrazine groups is 1. The first-order valence-corrected chi connectivity index (χ1v) is 8.46. The van der Waals surface area contributed by atoms with Crippen molar-refractivity contribution in [2.24, 2.45) is 11.3 Å². The van der Waals surface area contributed by atoms with E-state index in [9.17, 15) is 4.79 Å². The van der Waals surface area contributed by atoms with Crippen LogP contribution in [0.5, 0.6) is 0 Å². The molecule has 4 heteroatoms. The summed E-state index contributed by atoms with van der Waals surface area (Å²) in [6.07, 6.45) is 14.1. The van der Waals surface area contributed by atoms with Crippen LogP contribution in [0.4, 0.5) is 0 Å². The van der Waals surface area contributed by atoms with Crippen LogP contribution in [-0.2, 0) is 4.79 Å². The van der Waals surface area contributed by atoms with E-state index in [1.807, 2.05) is 0 Å². The average molecular weight is 281 g/mol. The van der Waals surface area contributed by atoms with Gasteiger partial charge in [0.15, 0.2) is 0 Å². The van der Waals surface area contributed by atoms with E-state index in [-0.39, 0.29) is 5.91 Å². The van der Waals surface area contributed by atoms with Crippen LogP contribution in [0.25, 0.3) is 0 Å². The van der Waals surface area contributed by atoms with Crippen LogP contribution in [0, 0.1) is 5.41 Å². The summed E-state index contributed by atoms with van der Waals surface area (Å²) >= 11 is 0. The third-order valence-electron chi connectivity index (χ3n) is 5.37. The van der Waals surface area contributed by atoms with E-state index in [0.717, 1.165) is 12.8 Å². The molecule has 0 aromatic rings. The first-order chi connectivity index (χ1) is 9.74. The minimum Gasteiger partial charge on any atom is -0.303 e. The lowest BCUT2D eigenvalue weighted by molar-refractivity contribution is -0.121. The number of carbonyl (C=O) groups is 1. The number of rotatable bonds is 6. The Balaban J connectivity index is 1.54. The SMILES string of the molecule is NNC(=O)CCCCCN1CCC2(CCCCC2)CC1. The van der Waals surface area contributed by atoms with E-state index in [1.165, 1.54) is 71.0 Å². The maximum Gasteiger partial charge on any atom is 0.233 e. The normalized spacial score (nSPS) is 22.9. The molecule has 4 nitrogen and oxygen atoms in total. The molecule has 0 bridgehead atoms. The van der Waals surface area contributed by atoms with Gasteiger partial charge in [-0.15, -0.1) is 0 Å². The monoisotopic (exact) mass is 281 g/mol. The average Bonchev–Trinajstić information content (AvgIpc) is 2.49. The Morgan fingerprint density at radius 1 is 1.00 bits per heavy atom. The molecule has 1 aliphatic carbocycles. The van der Waals surface area contributed by atoms with Crippen molar-refractivity contribution in [2.45, 2.75) is 70.6 Å². The van der Waals surface area contributed by atoms with Crippen molar-refractivity contribution in [3.05, 3.63) is 0 Å². The number of carbonyl (C=O) groups excluding carboxylic acids is 1. The van der Waals surface area contributed by atoms with Crippen molar-refractivity contribution < 1.29 is 4.79 Å². The molecule has 0 radical (unpaired) electrons. The molecule has 2 rings (SSSR count). The molecule has 0 aromatic heterocycles. The van der Waals surface area contributed by atoms with Gasteiger partial charge in [-0.2, -0.15) is 0 Å². The van der Waals surface area contributed by atoms with Crippen LogP contribution in [0.2, 0.25) is 0 Å². The zero-order valence-corrected chi connectivity index (χ0v) is 12.8. The van der Waals surface area contributed by atoms with Crippen LogP contribution in [0.15, 0.2) is 0 Å². The summed E-state index contributed by atoms with van der Waals surface area (Å²) in [7, 11) is 0. The highest BCUT2D eigenvalue weighted by molar-refractivity contribution is 5.74. The highest BCUT2D eigenvalue weighted by Gasteiger charge is 2.35. The van der Waals surface area contributed by atoms with Gasteiger partial charge in [0, 0.05) is 6.42 Å². The minimum atomic E-state index is -0.0396. The fourth-order valence-electron chi connectivity index (χ4n) is 3.92. The lowest BCUT2D eigenvalue weighted by Gasteiger charge is -2.44. The third kappa shape index (κ3) is 4.74. The summed E-state index contributed by atoms with van der Waals surface area (Å²) in [6.45, 7) is 3.80. The van der Waals surface area contributed by atoms with Gasteiger partial charge in [-0.3, -0.25) is 10.2 Å². The maximum absolute atomic E-state index is 11.0. The van der Waals surface area contributed by atoms with Crippen molar-refractivity contribution in [2.75, 3.05) is 19.6 Å². The van der Waals surface area contributed by atoms with Crippen molar-refractivity contribution in [1.82, 2.24) is 10.3 Å². The molecule has 0 unspecified atom stereocenters. The molecular weight excluding hydrogens is 250 g/mol. The predicted octanol–water partition coefficient (Wildman–Crippen LogP) is 2.58. The lowest BCUT2D eigenvalue weighted by atomic mass is 9.68. The van der Waals surface area contributed by atoms with Crippen molar-refractivity contribution in [1.29, 1.82) is 0 Å². The molecule has 1 spiro atoms. The summed E-state index contributed by atoms with van der Waals surface area (Å²) in [5.74, 6) is 5.02. The van der Waals surface area contributed by atoms with Crippen LogP contribution >= 0.6 is 0 Å². The molecule has 1 amide bonds. The summed E-state index contributed by atoms with van der Waals surface area (Å²) in [4.78, 5) is 13.6. The minimum absolute atomic E-state index is 0.0396. The molecule has 0 atom stereocenters. The van der Waals surface area contributed by atoms with Gasteiger partial charge in [-0.25, -0.2) is 5.84 Å². The zero-order chi connectivity index (χ0) is 14.3. The molecule has 0 aromatic carbocycles. The molecule has 2 aliphatic rings. The van der Waals surface area contributed by atoms with E-state index in [2.05, 4.69) is 10.3 Å². The number of likely N-dealkylation sites (tertiary alicyclic amines) is 1. The molecule has 3 N–H and O–H groups in total. The second kappa shape index (κ2) is 7.99. The summed E-state index contributed by atoms with van der Waals surface area (Å²) < 4.78 is 0. The Bertz CT molecular complexity index is 290. The molecule has 2 fully saturated rings. The largest absolute Gasteiger partial charge is 0.303 e. The van der Waals surface area contributed by atoms with Crippen molar-refractivity contribution in [3.8, 4) is 0 Å². The van der Waals surface area contributed by atoms with Gasteiger partial charge >= 0.3 is 0 Å². The van der Waals surface area contributed by atoms with Gasteiger partial charge in [0.2, 0.25) is 5.91 Å². The molecule has 1 heterocycles. The highest BCUT2D eigenvalue weighted by Crippen LogP contribution is 2.44. The molecular formula is C16H31N3O. The summed E-state index contributed by atoms with van der Waals surface area (Å²) in [5, 5.41) is 0. The Morgan fingerprint density at radius 2 is 1.70 bits per heavy atom. The summed E-state index contributed by atoms with van der Waals surface area (Å²) in [5.41, 5.74) is 2.91. The number of hydrogen-bond donors (Lipinski definition) is 2. The van der Waals surface area contributed by atoms with Gasteiger partial charge < -0.3 is 4.90 Å². The first kappa shape index (κ1) is 15.8. The second-order valence-corrected chi connectivity index (χ2v) is 6.78. The van der Waals surface area contributed by atoms with Gasteiger partial charge in [-0.1, -0.05) is 25.7 Å². The fourth-order valence-corrected chi connectivity index (χ4v) is 3.92. The third-order valence-corrected chi connectivity index (χ3v) is 5.37. The molecule has 116 valence electrons. The van der Waals surface area contributed by atoms with Gasteiger partial charge in [-0.05, 0) is 63.6 Å². The molecule has 1 saturated heterocycles. The van der Waals surface area contributed by atoms with Crippen molar-refractivity contribution in [3.63, 3.8) is 0 Å². The maximum atomic E-state index is 11.0. The highest BCUT2D eigenvalue weighted by atomic mass is 16.2. The van der Waals surface area contributed by atoms with Gasteiger partial charge in [0.05, 0.1) is 0 Å². The zero-order valence-electron chi connectivity index (χ0n) is 12.8. The van der Waals surface area contributed by atoms with Crippen LogP contribution in [0.3, 0.4) is 0 Å². The number of amides is 1. The predicted molar refractivity (Wildman–Crippen MR) is 82.0 cm³/mol. The number of nitrogens with zero attached hydrogens (tertiary/aromatic N) is 1. The Hall–Kier alpha value is -0.610. The number of unbranched alkanes of at least 4 members (excludes halogenated alkanes) is 2. The lowest BCUT2D eigenvalue weighted by Crippen LogP contribution is -2.41. The topological polar surface area (TPSA) is 58.4 Å². The summed E-state index contributed by atoms with van der Waals surface area (Å²) in [6, 6.07) is 0. The van der Waals surface area contributed by atoms with E-state index in [0.29, 0.717) is 11.8 Å². The van der Waals surface area contributed by atoms with Gasteiger partial charge in [0.25, 0.3) is 0 Å². The second-order valence-electron chi connectivity index (χ2n) is 6.78. The fraction of sp³-hybridized carbons (Fsp3) is 0.938. The Kier molecular flexibility index (Phi) is 6.30. The Labute approximate surface area is 123 Å². The quantitative estimate of drug-likeness (QED) is 0.340. The van der Waals surface area contributed by atoms with Crippen LogP contribution in [-0.4, -0.2) is 30.4 Å². The first-order valence-electron chi connectivity index (χ1n) is 8.46. The van der Waals surface area contributed by atoms with E-state index in [1.54, 1.807) is 0 Å². The number of nitrogens with one attached hydrogen (secondary N) is 1. The van der Waals surface area contributed by atoms with Crippen LogP contribution in [0.1, 0.15) is 70.6 Å². The van der Waals surface area contributed by atoms with Crippen molar-refractivity contribution >= 4 is 5.91 Å². The van der Waals surface area contributed by atoms with Gasteiger partial charge in [0.1, 0.15) is 0 Å². The number of piperidine rings is 1. The van der Waals surface area contributed by atoms with Crippen LogP contribution < -0.4 is 11.3 Å². The number of hydrogen-bond acceptors (Lipinski definition) is 3. The molecule has 1 saturated carbocycles. The van der Waals surface area contributed by atoms with E-state index in [4.69, 9.17) is 5.84 Å². The van der Waals surface area contributed by atoms with E-state index < -0.39 is 0 Å². The molecule has 1 aliphatic heterocycles. The smallest absolute Gasteiger partial charge is 0.233 e. The van der Waals surface area contributed by atoms with E-state index >= 15 is 0 Å². The standard InChI is InChI=1S/C16H31N3O/c17-18-15(20)7-3-1-6-12-19-13-10-16(11-14-19)8-4-2-5-9-16/h1-14,17H2,(H,18,20). The number of nitrogens with two attached hydrogens (primary N) is 1. The molecule has 20 heavy (non-hydrogen) atoms.